The van der Waals surface area contributed by atoms with Crippen molar-refractivity contribution in [3.8, 4) is 5.75 Å². The lowest BCUT2D eigenvalue weighted by atomic mass is 10.2. The number of ether oxygens (including phenoxy) is 1. The largest absolute Gasteiger partial charge is 0.496 e. The van der Waals surface area contributed by atoms with Crippen molar-refractivity contribution < 1.29 is 17.9 Å². The molecule has 3 rings (SSSR count). The summed E-state index contributed by atoms with van der Waals surface area (Å²) in [7, 11) is -1.03. The molecule has 0 saturated heterocycles. The molecule has 0 aliphatic carbocycles. The predicted molar refractivity (Wildman–Crippen MR) is 87.5 cm³/mol. The second kappa shape index (κ2) is 5.96. The van der Waals surface area contributed by atoms with Gasteiger partial charge in [-0.15, -0.1) is 0 Å². The lowest BCUT2D eigenvalue weighted by Crippen LogP contribution is -2.45. The van der Waals surface area contributed by atoms with Gasteiger partial charge in [-0.1, -0.05) is 11.6 Å². The van der Waals surface area contributed by atoms with Crippen molar-refractivity contribution in [3.63, 3.8) is 0 Å². The maximum absolute atomic E-state index is 12.1. The number of halogens is 1. The molecule has 0 saturated carbocycles. The molecule has 0 aromatic heterocycles. The van der Waals surface area contributed by atoms with Gasteiger partial charge in [0.05, 0.1) is 23.4 Å². The maximum atomic E-state index is 12.1. The molecule has 2 heterocycles. The van der Waals surface area contributed by atoms with Gasteiger partial charge >= 0.3 is 6.03 Å². The van der Waals surface area contributed by atoms with Crippen LogP contribution in [0.1, 0.15) is 5.56 Å². The minimum absolute atomic E-state index is 0.0233. The number of hydrogen-bond acceptors (Lipinski definition) is 6. The Morgan fingerprint density at radius 1 is 1.38 bits per heavy atom. The van der Waals surface area contributed by atoms with Crippen LogP contribution in [0.2, 0.25) is 5.02 Å². The second-order valence-electron chi connectivity index (χ2n) is 4.91. The average Bonchev–Trinajstić information content (AvgIpc) is 2.96. The summed E-state index contributed by atoms with van der Waals surface area (Å²) in [5, 5.41) is 8.16. The first-order valence-corrected chi connectivity index (χ1v) is 8.65. The van der Waals surface area contributed by atoms with Crippen molar-refractivity contribution in [2.45, 2.75) is 11.1 Å². The van der Waals surface area contributed by atoms with Crippen LogP contribution in [0.4, 0.5) is 4.79 Å². The molecule has 1 aromatic rings. The summed E-state index contributed by atoms with van der Waals surface area (Å²) >= 11 is 6.05. The molecule has 2 aliphatic rings. The van der Waals surface area contributed by atoms with Gasteiger partial charge in [0.15, 0.2) is 6.17 Å². The molecule has 0 spiro atoms. The number of nitrogens with one attached hydrogen (secondary N) is 4. The SMILES string of the molecule is CNS(=O)(=O)c1cc(C2=NC3NC(=O)NC=C3N2)c(OC)cc1Cl. The number of sulfonamides is 1. The van der Waals surface area contributed by atoms with Gasteiger partial charge in [-0.25, -0.2) is 22.9 Å². The molecule has 0 fully saturated rings. The molecule has 0 radical (unpaired) electrons. The fourth-order valence-electron chi connectivity index (χ4n) is 2.31. The zero-order valence-electron chi connectivity index (χ0n) is 12.7. The maximum Gasteiger partial charge on any atom is 0.320 e. The molecule has 2 aliphatic heterocycles. The van der Waals surface area contributed by atoms with Crippen molar-refractivity contribution in [3.05, 3.63) is 34.6 Å². The summed E-state index contributed by atoms with van der Waals surface area (Å²) in [6, 6.07) is 2.39. The van der Waals surface area contributed by atoms with Gasteiger partial charge < -0.3 is 20.7 Å². The minimum Gasteiger partial charge on any atom is -0.496 e. The van der Waals surface area contributed by atoms with E-state index in [2.05, 4.69) is 25.7 Å². The average molecular weight is 372 g/mol. The number of fused-ring (bicyclic) bond motifs is 1. The van der Waals surface area contributed by atoms with Crippen LogP contribution in [-0.2, 0) is 10.0 Å². The van der Waals surface area contributed by atoms with Crippen LogP contribution in [0.15, 0.2) is 33.9 Å². The Bertz CT molecular complexity index is 881. The van der Waals surface area contributed by atoms with Gasteiger partial charge in [0, 0.05) is 12.3 Å². The van der Waals surface area contributed by atoms with E-state index < -0.39 is 16.2 Å². The van der Waals surface area contributed by atoms with Gasteiger partial charge in [0.1, 0.15) is 16.5 Å². The molecule has 4 N–H and O–H groups in total. The Morgan fingerprint density at radius 2 is 2.12 bits per heavy atom. The van der Waals surface area contributed by atoms with Gasteiger partial charge in [0.2, 0.25) is 10.0 Å². The number of rotatable bonds is 4. The summed E-state index contributed by atoms with van der Waals surface area (Å²) < 4.78 is 31.7. The van der Waals surface area contributed by atoms with Crippen LogP contribution in [0.3, 0.4) is 0 Å². The van der Waals surface area contributed by atoms with E-state index in [-0.39, 0.29) is 15.9 Å². The Hall–Kier alpha value is -2.30. The molecule has 9 nitrogen and oxygen atoms in total. The monoisotopic (exact) mass is 371 g/mol. The van der Waals surface area contributed by atoms with E-state index in [4.69, 9.17) is 16.3 Å². The summed E-state index contributed by atoms with van der Waals surface area (Å²) in [4.78, 5) is 15.6. The normalized spacial score (nSPS) is 19.5. The summed E-state index contributed by atoms with van der Waals surface area (Å²) in [6.07, 6.45) is 0.923. The van der Waals surface area contributed by atoms with Crippen LogP contribution in [-0.4, -0.2) is 40.6 Å². The topological polar surface area (TPSA) is 121 Å². The Morgan fingerprint density at radius 3 is 2.79 bits per heavy atom. The smallest absolute Gasteiger partial charge is 0.320 e. The predicted octanol–water partition coefficient (Wildman–Crippen LogP) is 0.0868. The van der Waals surface area contributed by atoms with Gasteiger partial charge in [0.25, 0.3) is 0 Å². The molecule has 24 heavy (non-hydrogen) atoms. The van der Waals surface area contributed by atoms with E-state index in [1.54, 1.807) is 0 Å². The van der Waals surface area contributed by atoms with E-state index in [1.807, 2.05) is 0 Å². The van der Waals surface area contributed by atoms with E-state index in [0.29, 0.717) is 22.8 Å². The molecule has 11 heteroatoms. The number of carbonyl (C=O) groups excluding carboxylic acids is 1. The molecule has 1 aromatic carbocycles. The number of amidine groups is 1. The first kappa shape index (κ1) is 16.6. The van der Waals surface area contributed by atoms with E-state index in [9.17, 15) is 13.2 Å². The van der Waals surface area contributed by atoms with Gasteiger partial charge in [-0.05, 0) is 13.1 Å². The molecule has 2 amide bonds. The van der Waals surface area contributed by atoms with Crippen molar-refractivity contribution in [2.24, 2.45) is 4.99 Å². The Labute approximate surface area is 143 Å². The number of hydrogen-bond donors (Lipinski definition) is 4. The number of aliphatic imine (C=N–C) groups is 1. The van der Waals surface area contributed by atoms with Gasteiger partial charge in [-0.3, -0.25) is 0 Å². The first-order chi connectivity index (χ1) is 11.4. The third kappa shape index (κ3) is 2.79. The molecule has 0 bridgehead atoms. The number of nitrogens with zero attached hydrogens (tertiary/aromatic N) is 1. The quantitative estimate of drug-likeness (QED) is 0.597. The number of benzene rings is 1. The molecule has 128 valence electrons. The van der Waals surface area contributed by atoms with E-state index >= 15 is 0 Å². The number of methoxy groups -OCH3 is 1. The third-order valence-corrected chi connectivity index (χ3v) is 5.39. The van der Waals surface area contributed by atoms with Crippen molar-refractivity contribution >= 4 is 33.5 Å². The highest BCUT2D eigenvalue weighted by atomic mass is 35.5. The number of urea groups is 1. The highest BCUT2D eigenvalue weighted by molar-refractivity contribution is 7.89. The lowest BCUT2D eigenvalue weighted by Gasteiger charge is -2.17. The molecule has 1 atom stereocenters. The summed E-state index contributed by atoms with van der Waals surface area (Å²) in [5.74, 6) is 0.705. The highest BCUT2D eigenvalue weighted by Gasteiger charge is 2.30. The van der Waals surface area contributed by atoms with Crippen LogP contribution >= 0.6 is 11.6 Å². The van der Waals surface area contributed by atoms with Crippen LogP contribution in [0.25, 0.3) is 0 Å². The zero-order chi connectivity index (χ0) is 17.5. The van der Waals surface area contributed by atoms with Crippen molar-refractivity contribution in [2.75, 3.05) is 14.2 Å². The number of carbonyl (C=O) groups is 1. The Kier molecular flexibility index (Phi) is 4.11. The van der Waals surface area contributed by atoms with E-state index in [1.165, 1.54) is 32.5 Å². The minimum atomic E-state index is -3.76. The third-order valence-electron chi connectivity index (χ3n) is 3.51. The van der Waals surface area contributed by atoms with Crippen LogP contribution < -0.4 is 25.4 Å². The summed E-state index contributed by atoms with van der Waals surface area (Å²) in [6.45, 7) is 0. The molecular formula is C13H14ClN5O4S. The molecular weight excluding hydrogens is 358 g/mol. The Balaban J connectivity index is 2.10. The standard InChI is InChI=1S/C13H14ClN5O4S/c1-15-24(21,22)10-3-6(9(23-2)4-7(10)14)11-17-8-5-16-13(20)19-12(8)18-11/h3-5,12,15H,1-2H3,(H,17,18)(H2,16,19,20). The van der Waals surface area contributed by atoms with E-state index in [0.717, 1.165) is 0 Å². The van der Waals surface area contributed by atoms with Crippen LogP contribution in [0.5, 0.6) is 5.75 Å². The van der Waals surface area contributed by atoms with Crippen molar-refractivity contribution in [1.82, 2.24) is 20.7 Å². The number of amides is 2. The second-order valence-corrected chi connectivity index (χ2v) is 7.18. The fourth-order valence-corrected chi connectivity index (χ4v) is 3.58. The lowest BCUT2D eigenvalue weighted by molar-refractivity contribution is 0.240. The van der Waals surface area contributed by atoms with Gasteiger partial charge in [-0.2, -0.15) is 0 Å². The zero-order valence-corrected chi connectivity index (χ0v) is 14.2. The summed E-state index contributed by atoms with van der Waals surface area (Å²) in [5.41, 5.74) is 1.03. The van der Waals surface area contributed by atoms with Crippen molar-refractivity contribution in [1.29, 1.82) is 0 Å². The highest BCUT2D eigenvalue weighted by Crippen LogP contribution is 2.31. The molecule has 1 unspecified atom stereocenters. The fraction of sp³-hybridized carbons (Fsp3) is 0.231. The first-order valence-electron chi connectivity index (χ1n) is 6.79. The van der Waals surface area contributed by atoms with Crippen LogP contribution in [0, 0.1) is 0 Å².